The van der Waals surface area contributed by atoms with Gasteiger partial charge in [0.15, 0.2) is 0 Å². The molecule has 1 nitrogen and oxygen atoms in total. The van der Waals surface area contributed by atoms with E-state index in [4.69, 9.17) is 34.8 Å². The first-order chi connectivity index (χ1) is 8.59. The number of hydrogen-bond donors (Lipinski definition) is 0. The van der Waals surface area contributed by atoms with Gasteiger partial charge in [0.2, 0.25) is 0 Å². The largest absolute Gasteiger partial charge is 1.00 e. The summed E-state index contributed by atoms with van der Waals surface area (Å²) in [6.07, 6.45) is 0. The molecule has 19 heavy (non-hydrogen) atoms. The third kappa shape index (κ3) is 4.24. The molecule has 2 rings (SSSR count). The van der Waals surface area contributed by atoms with Gasteiger partial charge in [0.05, 0.1) is 15.1 Å². The molecule has 0 radical (unpaired) electrons. The third-order valence-corrected chi connectivity index (χ3v) is 4.35. The molecular weight excluding hydrogens is 316 g/mol. The Labute approximate surface area is 140 Å². The molecule has 0 saturated heterocycles. The molecule has 0 aromatic heterocycles. The quantitative estimate of drug-likeness (QED) is 0.480. The average Bonchev–Trinajstić information content (AvgIpc) is 2.36. The fourth-order valence-electron chi connectivity index (χ4n) is 1.40. The Balaban J connectivity index is 0.00000180. The summed E-state index contributed by atoms with van der Waals surface area (Å²) in [4.78, 5) is 12.2. The van der Waals surface area contributed by atoms with Crippen LogP contribution in [-0.4, -0.2) is 5.52 Å². The van der Waals surface area contributed by atoms with Crippen molar-refractivity contribution in [3.63, 3.8) is 0 Å². The monoisotopic (exact) mass is 322 g/mol. The molecule has 92 valence electrons. The van der Waals surface area contributed by atoms with Crippen LogP contribution in [0.4, 0.5) is 0 Å². The van der Waals surface area contributed by atoms with Crippen molar-refractivity contribution in [2.75, 3.05) is 0 Å². The van der Waals surface area contributed by atoms with Crippen LogP contribution in [0, 0.1) is 0 Å². The van der Waals surface area contributed by atoms with Crippen LogP contribution in [0.15, 0.2) is 42.5 Å². The van der Waals surface area contributed by atoms with E-state index in [-0.39, 0.29) is 35.0 Å². The van der Waals surface area contributed by atoms with E-state index in [1.807, 2.05) is 30.3 Å². The molecule has 6 heteroatoms. The molecule has 0 unspecified atom stereocenters. The van der Waals surface area contributed by atoms with Crippen molar-refractivity contribution in [2.24, 2.45) is 0 Å². The number of halogens is 3. The van der Waals surface area contributed by atoms with Crippen molar-refractivity contribution < 1.29 is 23.7 Å². The Bertz CT molecular complexity index is 590. The van der Waals surface area contributed by atoms with Crippen molar-refractivity contribution in [1.29, 1.82) is 0 Å². The van der Waals surface area contributed by atoms with Gasteiger partial charge in [-0.2, -0.15) is 5.30 Å². The molecule has 2 aromatic rings. The minimum absolute atomic E-state index is 0. The molecule has 2 aromatic carbocycles. The number of hydrogen-bond acceptors (Lipinski definition) is 1. The third-order valence-electron chi connectivity index (χ3n) is 2.24. The fraction of sp³-hybridized carbons (Fsp3) is 0. The van der Waals surface area contributed by atoms with Crippen molar-refractivity contribution in [2.45, 2.75) is 0 Å². The van der Waals surface area contributed by atoms with Crippen LogP contribution in [0.1, 0.15) is 10.4 Å². The standard InChI is InChI=1S/C13H7Cl3OP.Li/c14-9-6-7-10(15)12(16)11(9)13(17)18-8-4-2-1-3-5-8;/h1-7H;/q-1;+1. The maximum absolute atomic E-state index is 12.2. The predicted octanol–water partition coefficient (Wildman–Crippen LogP) is 2.06. The molecule has 0 aliphatic heterocycles. The van der Waals surface area contributed by atoms with E-state index in [2.05, 4.69) is 0 Å². The summed E-state index contributed by atoms with van der Waals surface area (Å²) in [7, 11) is 0.523. The van der Waals surface area contributed by atoms with Gasteiger partial charge in [-0.05, 0) is 12.1 Å². The van der Waals surface area contributed by atoms with Crippen molar-refractivity contribution in [3.8, 4) is 0 Å². The predicted molar refractivity (Wildman–Crippen MR) is 78.8 cm³/mol. The van der Waals surface area contributed by atoms with Gasteiger partial charge in [0.25, 0.3) is 0 Å². The Hall–Kier alpha value is 0.00740. The van der Waals surface area contributed by atoms with Crippen LogP contribution in [0.3, 0.4) is 0 Å². The van der Waals surface area contributed by atoms with E-state index in [1.54, 1.807) is 12.1 Å². The zero-order valence-corrected chi connectivity index (χ0v) is 13.2. The van der Waals surface area contributed by atoms with Gasteiger partial charge in [-0.1, -0.05) is 65.1 Å². The van der Waals surface area contributed by atoms with Crippen LogP contribution in [0.25, 0.3) is 0 Å². The Morgan fingerprint density at radius 3 is 2.11 bits per heavy atom. The smallest absolute Gasteiger partial charge is 0.426 e. The van der Waals surface area contributed by atoms with E-state index in [1.165, 1.54) is 0 Å². The molecule has 0 aliphatic carbocycles. The first kappa shape index (κ1) is 17.1. The van der Waals surface area contributed by atoms with Gasteiger partial charge in [-0.15, -0.1) is 0 Å². The Morgan fingerprint density at radius 1 is 0.895 bits per heavy atom. The Morgan fingerprint density at radius 2 is 1.47 bits per heavy atom. The van der Waals surface area contributed by atoms with Crippen LogP contribution >= 0.6 is 43.4 Å². The molecule has 0 N–H and O–H groups in total. The number of carbonyl (C=O) groups is 1. The molecule has 0 saturated carbocycles. The van der Waals surface area contributed by atoms with E-state index in [0.29, 0.717) is 18.6 Å². The van der Waals surface area contributed by atoms with Gasteiger partial charge in [0.1, 0.15) is 0 Å². The van der Waals surface area contributed by atoms with Crippen LogP contribution in [0.2, 0.25) is 15.1 Å². The molecule has 0 aliphatic rings. The second-order valence-corrected chi connectivity index (χ2v) is 5.81. The van der Waals surface area contributed by atoms with Crippen molar-refractivity contribution in [1.82, 2.24) is 0 Å². The number of benzene rings is 2. The van der Waals surface area contributed by atoms with Crippen molar-refractivity contribution in [3.05, 3.63) is 63.1 Å². The SMILES string of the molecule is O=C([P-]c1ccccc1)c1c(Cl)ccc(Cl)c1Cl.[Li+]. The van der Waals surface area contributed by atoms with E-state index in [0.717, 1.165) is 5.30 Å². The molecule has 0 amide bonds. The summed E-state index contributed by atoms with van der Waals surface area (Å²) < 4.78 is 0. The molecule has 0 fully saturated rings. The first-order valence-corrected chi connectivity index (χ1v) is 7.07. The maximum Gasteiger partial charge on any atom is 1.00 e. The summed E-state index contributed by atoms with van der Waals surface area (Å²) in [5, 5.41) is 1.73. The van der Waals surface area contributed by atoms with Gasteiger partial charge in [-0.25, -0.2) is 0 Å². The number of rotatable bonds is 3. The average molecular weight is 323 g/mol. The van der Waals surface area contributed by atoms with Gasteiger partial charge in [-0.3, -0.25) is 0 Å². The minimum Gasteiger partial charge on any atom is -0.426 e. The van der Waals surface area contributed by atoms with Gasteiger partial charge < -0.3 is 13.4 Å². The molecule has 0 atom stereocenters. The van der Waals surface area contributed by atoms with E-state index in [9.17, 15) is 4.79 Å². The summed E-state index contributed by atoms with van der Waals surface area (Å²) in [5.41, 5.74) is 0.107. The second kappa shape index (κ2) is 7.70. The molecule has 0 heterocycles. The molecule has 0 spiro atoms. The number of carbonyl (C=O) groups excluding carboxylic acids is 1. The summed E-state index contributed by atoms with van der Waals surface area (Å²) in [6.45, 7) is 0. The fourth-order valence-corrected chi connectivity index (χ4v) is 3.13. The van der Waals surface area contributed by atoms with E-state index >= 15 is 0 Å². The summed E-state index contributed by atoms with van der Waals surface area (Å²) >= 11 is 17.9. The van der Waals surface area contributed by atoms with Gasteiger partial charge in [0, 0.05) is 11.1 Å². The maximum atomic E-state index is 12.2. The van der Waals surface area contributed by atoms with Crippen LogP contribution in [-0.2, 0) is 0 Å². The van der Waals surface area contributed by atoms with Crippen LogP contribution in [0.5, 0.6) is 0 Å². The second-order valence-electron chi connectivity index (χ2n) is 3.47. The van der Waals surface area contributed by atoms with Crippen molar-refractivity contribution >= 4 is 54.2 Å². The van der Waals surface area contributed by atoms with Crippen LogP contribution < -0.4 is 24.2 Å². The van der Waals surface area contributed by atoms with Gasteiger partial charge >= 0.3 is 18.9 Å². The zero-order valence-electron chi connectivity index (χ0n) is 10.0. The minimum atomic E-state index is -0.168. The topological polar surface area (TPSA) is 17.1 Å². The molecular formula is C13H7Cl3LiOP. The summed E-state index contributed by atoms with van der Waals surface area (Å²) in [5.74, 6) is 0. The molecule has 0 bridgehead atoms. The first-order valence-electron chi connectivity index (χ1n) is 5.04. The summed E-state index contributed by atoms with van der Waals surface area (Å²) in [6, 6.07) is 12.5. The Kier molecular flexibility index (Phi) is 6.91. The normalized spacial score (nSPS) is 10.5. The van der Waals surface area contributed by atoms with E-state index < -0.39 is 0 Å². The zero-order chi connectivity index (χ0) is 13.1.